The Morgan fingerprint density at radius 1 is 1.44 bits per heavy atom. The van der Waals surface area contributed by atoms with E-state index in [4.69, 9.17) is 5.11 Å². The van der Waals surface area contributed by atoms with E-state index in [-0.39, 0.29) is 18.4 Å². The summed E-state index contributed by atoms with van der Waals surface area (Å²) < 4.78 is 0. The summed E-state index contributed by atoms with van der Waals surface area (Å²) in [5, 5.41) is 15.8. The van der Waals surface area contributed by atoms with Crippen LogP contribution in [0.25, 0.3) is 10.6 Å². The Kier molecular flexibility index (Phi) is 2.91. The molecule has 84 valence electrons. The van der Waals surface area contributed by atoms with Crippen molar-refractivity contribution in [3.05, 3.63) is 33.4 Å². The van der Waals surface area contributed by atoms with Crippen molar-refractivity contribution in [3.8, 4) is 10.6 Å². The first kappa shape index (κ1) is 10.7. The van der Waals surface area contributed by atoms with E-state index < -0.39 is 5.97 Å². The number of hydrogen-bond donors (Lipinski definition) is 3. The quantitative estimate of drug-likeness (QED) is 0.753. The molecule has 0 unspecified atom stereocenters. The van der Waals surface area contributed by atoms with Crippen LogP contribution in [0.15, 0.2) is 22.3 Å². The Morgan fingerprint density at radius 2 is 2.25 bits per heavy atom. The molecular formula is C10H10N2O3S. The molecule has 0 bridgehead atoms. The lowest BCUT2D eigenvalue weighted by molar-refractivity contribution is -0.136. The maximum atomic E-state index is 11.5. The van der Waals surface area contributed by atoms with Crippen LogP contribution in [-0.4, -0.2) is 21.3 Å². The van der Waals surface area contributed by atoms with Crippen molar-refractivity contribution in [2.24, 2.45) is 0 Å². The van der Waals surface area contributed by atoms with Crippen LogP contribution in [0.2, 0.25) is 0 Å². The number of rotatable bonds is 4. The van der Waals surface area contributed by atoms with Gasteiger partial charge in [0.1, 0.15) is 0 Å². The Morgan fingerprint density at radius 3 is 2.88 bits per heavy atom. The molecule has 2 aromatic rings. The number of carbonyl (C=O) groups is 1. The Hall–Kier alpha value is -1.82. The lowest BCUT2D eigenvalue weighted by atomic mass is 10.1. The SMILES string of the molecule is O=C(O)CCc1c(-c2cccs2)[nH][nH]c1=O. The van der Waals surface area contributed by atoms with Crippen LogP contribution in [0.5, 0.6) is 0 Å². The first-order valence-corrected chi connectivity index (χ1v) is 5.61. The van der Waals surface area contributed by atoms with Crippen molar-refractivity contribution in [1.82, 2.24) is 10.2 Å². The van der Waals surface area contributed by atoms with E-state index in [2.05, 4.69) is 10.2 Å². The maximum Gasteiger partial charge on any atom is 0.303 e. The van der Waals surface area contributed by atoms with E-state index in [1.807, 2.05) is 17.5 Å². The molecule has 2 rings (SSSR count). The molecule has 0 aliphatic heterocycles. The van der Waals surface area contributed by atoms with Gasteiger partial charge < -0.3 is 5.11 Å². The zero-order valence-electron chi connectivity index (χ0n) is 8.32. The van der Waals surface area contributed by atoms with Crippen LogP contribution in [0.3, 0.4) is 0 Å². The van der Waals surface area contributed by atoms with Gasteiger partial charge in [-0.3, -0.25) is 19.8 Å². The summed E-state index contributed by atoms with van der Waals surface area (Å²) in [5.74, 6) is -0.905. The van der Waals surface area contributed by atoms with Gasteiger partial charge in [-0.05, 0) is 17.9 Å². The number of aromatic amines is 2. The van der Waals surface area contributed by atoms with Gasteiger partial charge in [-0.15, -0.1) is 11.3 Å². The van der Waals surface area contributed by atoms with Gasteiger partial charge in [-0.2, -0.15) is 0 Å². The van der Waals surface area contributed by atoms with E-state index in [1.165, 1.54) is 11.3 Å². The summed E-state index contributed by atoms with van der Waals surface area (Å²) >= 11 is 1.50. The highest BCUT2D eigenvalue weighted by Gasteiger charge is 2.13. The fraction of sp³-hybridized carbons (Fsp3) is 0.200. The lowest BCUT2D eigenvalue weighted by Crippen LogP contribution is -2.08. The standard InChI is InChI=1S/C10H10N2O3S/c13-8(14)4-3-6-9(11-12-10(6)15)7-2-1-5-16-7/h1-2,5H,3-4H2,(H,13,14)(H2,11,12,15). The van der Waals surface area contributed by atoms with Gasteiger partial charge in [0.15, 0.2) is 0 Å². The third-order valence-electron chi connectivity index (χ3n) is 2.23. The number of aromatic nitrogens is 2. The molecule has 2 heterocycles. The third-order valence-corrected chi connectivity index (χ3v) is 3.12. The zero-order chi connectivity index (χ0) is 11.5. The number of carboxylic acids is 1. The number of thiophene rings is 1. The first-order valence-electron chi connectivity index (χ1n) is 4.73. The number of carboxylic acid groups (broad SMARTS) is 1. The molecule has 0 radical (unpaired) electrons. The molecule has 0 fully saturated rings. The molecule has 0 aliphatic carbocycles. The first-order chi connectivity index (χ1) is 7.68. The number of aliphatic carboxylic acids is 1. The average Bonchev–Trinajstić information content (AvgIpc) is 2.83. The smallest absolute Gasteiger partial charge is 0.303 e. The molecular weight excluding hydrogens is 228 g/mol. The van der Waals surface area contributed by atoms with Gasteiger partial charge >= 0.3 is 5.97 Å². The highest BCUT2D eigenvalue weighted by atomic mass is 32.1. The van der Waals surface area contributed by atoms with E-state index in [1.54, 1.807) is 0 Å². The zero-order valence-corrected chi connectivity index (χ0v) is 9.13. The molecule has 0 amide bonds. The van der Waals surface area contributed by atoms with Crippen molar-refractivity contribution in [2.45, 2.75) is 12.8 Å². The van der Waals surface area contributed by atoms with Crippen molar-refractivity contribution in [3.63, 3.8) is 0 Å². The van der Waals surface area contributed by atoms with Gasteiger partial charge in [0.2, 0.25) is 0 Å². The van der Waals surface area contributed by atoms with Gasteiger partial charge in [0.05, 0.1) is 10.6 Å². The molecule has 0 aliphatic rings. The van der Waals surface area contributed by atoms with Crippen LogP contribution in [-0.2, 0) is 11.2 Å². The second-order valence-corrected chi connectivity index (χ2v) is 4.25. The molecule has 0 atom stereocenters. The molecule has 6 heteroatoms. The van der Waals surface area contributed by atoms with Gasteiger partial charge in [0.25, 0.3) is 5.56 Å². The fourth-order valence-corrected chi connectivity index (χ4v) is 2.24. The van der Waals surface area contributed by atoms with Crippen molar-refractivity contribution >= 4 is 17.3 Å². The van der Waals surface area contributed by atoms with Gasteiger partial charge in [-0.1, -0.05) is 6.07 Å². The number of H-pyrrole nitrogens is 2. The molecule has 0 spiro atoms. The van der Waals surface area contributed by atoms with E-state index in [0.29, 0.717) is 11.3 Å². The molecule has 0 saturated heterocycles. The normalized spacial score (nSPS) is 10.5. The summed E-state index contributed by atoms with van der Waals surface area (Å²) in [4.78, 5) is 22.9. The van der Waals surface area contributed by atoms with Crippen LogP contribution >= 0.6 is 11.3 Å². The molecule has 3 N–H and O–H groups in total. The minimum atomic E-state index is -0.905. The minimum Gasteiger partial charge on any atom is -0.481 e. The van der Waals surface area contributed by atoms with Crippen LogP contribution in [0, 0.1) is 0 Å². The predicted molar refractivity (Wildman–Crippen MR) is 60.7 cm³/mol. The number of nitrogens with one attached hydrogen (secondary N) is 2. The molecule has 16 heavy (non-hydrogen) atoms. The fourth-order valence-electron chi connectivity index (χ4n) is 1.49. The third kappa shape index (κ3) is 2.06. The van der Waals surface area contributed by atoms with Crippen molar-refractivity contribution in [1.29, 1.82) is 0 Å². The second-order valence-electron chi connectivity index (χ2n) is 3.30. The summed E-state index contributed by atoms with van der Waals surface area (Å²) in [6.45, 7) is 0. The molecule has 2 aromatic heterocycles. The monoisotopic (exact) mass is 238 g/mol. The van der Waals surface area contributed by atoms with Crippen molar-refractivity contribution < 1.29 is 9.90 Å². The lowest BCUT2D eigenvalue weighted by Gasteiger charge is -1.97. The number of hydrogen-bond acceptors (Lipinski definition) is 3. The van der Waals surface area contributed by atoms with Crippen LogP contribution in [0.1, 0.15) is 12.0 Å². The van der Waals surface area contributed by atoms with Crippen LogP contribution < -0.4 is 5.56 Å². The van der Waals surface area contributed by atoms with Crippen molar-refractivity contribution in [2.75, 3.05) is 0 Å². The van der Waals surface area contributed by atoms with E-state index in [9.17, 15) is 9.59 Å². The summed E-state index contributed by atoms with van der Waals surface area (Å²) in [6, 6.07) is 3.76. The van der Waals surface area contributed by atoms with E-state index >= 15 is 0 Å². The molecule has 0 aromatic carbocycles. The van der Waals surface area contributed by atoms with Gasteiger partial charge in [-0.25, -0.2) is 0 Å². The minimum absolute atomic E-state index is 0.0424. The Bertz CT molecular complexity index is 539. The summed E-state index contributed by atoms with van der Waals surface area (Å²) in [6.07, 6.45) is 0.195. The highest BCUT2D eigenvalue weighted by molar-refractivity contribution is 7.13. The molecule has 5 nitrogen and oxygen atoms in total. The Labute approximate surface area is 94.7 Å². The van der Waals surface area contributed by atoms with Gasteiger partial charge in [0, 0.05) is 12.0 Å². The summed E-state index contributed by atoms with van der Waals surface area (Å²) in [5.41, 5.74) is 0.954. The van der Waals surface area contributed by atoms with E-state index in [0.717, 1.165) is 4.88 Å². The maximum absolute atomic E-state index is 11.5. The predicted octanol–water partition coefficient (Wildman–Crippen LogP) is 1.45. The highest BCUT2D eigenvalue weighted by Crippen LogP contribution is 2.24. The largest absolute Gasteiger partial charge is 0.481 e. The average molecular weight is 238 g/mol. The Balaban J connectivity index is 2.33. The topological polar surface area (TPSA) is 85.9 Å². The summed E-state index contributed by atoms with van der Waals surface area (Å²) in [7, 11) is 0. The molecule has 0 saturated carbocycles. The second kappa shape index (κ2) is 4.36. The van der Waals surface area contributed by atoms with Crippen LogP contribution in [0.4, 0.5) is 0 Å².